The van der Waals surface area contributed by atoms with Crippen LogP contribution in [0.4, 0.5) is 0 Å². The molecule has 9 rings (SSSR count). The van der Waals surface area contributed by atoms with Crippen LogP contribution in [0.1, 0.15) is 0 Å². The fourth-order valence-electron chi connectivity index (χ4n) is 7.08. The molecule has 0 nitrogen and oxygen atoms in total. The molecule has 0 aliphatic rings. The van der Waals surface area contributed by atoms with E-state index < -0.39 is 0 Å². The van der Waals surface area contributed by atoms with E-state index in [2.05, 4.69) is 158 Å². The Balaban J connectivity index is 1.35. The van der Waals surface area contributed by atoms with Crippen molar-refractivity contribution in [2.75, 3.05) is 0 Å². The lowest BCUT2D eigenvalue weighted by atomic mass is 9.84. The van der Waals surface area contributed by atoms with E-state index in [1.807, 2.05) is 0 Å². The summed E-state index contributed by atoms with van der Waals surface area (Å²) in [5, 5.41) is 15.4. The van der Waals surface area contributed by atoms with E-state index in [-0.39, 0.29) is 0 Å². The molecule has 0 unspecified atom stereocenters. The van der Waals surface area contributed by atoms with E-state index >= 15 is 0 Å². The first-order valence-corrected chi connectivity index (χ1v) is 14.6. The summed E-state index contributed by atoms with van der Waals surface area (Å²) in [6, 6.07) is 58.1. The maximum absolute atomic E-state index is 2.38. The zero-order valence-corrected chi connectivity index (χ0v) is 23.0. The molecule has 0 N–H and O–H groups in total. The van der Waals surface area contributed by atoms with E-state index in [4.69, 9.17) is 0 Å². The number of hydrogen-bond acceptors (Lipinski definition) is 0. The Morgan fingerprint density at radius 3 is 1.48 bits per heavy atom. The zero-order valence-electron chi connectivity index (χ0n) is 23.0. The summed E-state index contributed by atoms with van der Waals surface area (Å²) in [5.41, 5.74) is 5.13. The van der Waals surface area contributed by atoms with Crippen LogP contribution < -0.4 is 0 Å². The highest BCUT2D eigenvalue weighted by molar-refractivity contribution is 6.24. The van der Waals surface area contributed by atoms with E-state index in [0.717, 1.165) is 0 Å². The van der Waals surface area contributed by atoms with Gasteiger partial charge >= 0.3 is 0 Å². The number of benzene rings is 9. The van der Waals surface area contributed by atoms with E-state index in [1.54, 1.807) is 0 Å². The van der Waals surface area contributed by atoms with Crippen molar-refractivity contribution < 1.29 is 0 Å². The van der Waals surface area contributed by atoms with Gasteiger partial charge in [-0.2, -0.15) is 0 Å². The van der Waals surface area contributed by atoms with E-state index in [1.165, 1.54) is 86.9 Å². The molecule has 0 heterocycles. The Bertz CT molecular complexity index is 2450. The van der Waals surface area contributed by atoms with Crippen molar-refractivity contribution >= 4 is 64.6 Å². The van der Waals surface area contributed by atoms with Crippen LogP contribution in [-0.4, -0.2) is 0 Å². The average Bonchev–Trinajstić information content (AvgIpc) is 3.06. The summed E-state index contributed by atoms with van der Waals surface area (Å²) < 4.78 is 0. The molecule has 194 valence electrons. The Morgan fingerprint density at radius 2 is 0.762 bits per heavy atom. The monoisotopic (exact) mass is 530 g/mol. The highest BCUT2D eigenvalue weighted by Gasteiger charge is 2.18. The normalized spacial score (nSPS) is 11.8. The molecule has 0 heteroatoms. The van der Waals surface area contributed by atoms with Crippen LogP contribution in [0.15, 0.2) is 158 Å². The van der Waals surface area contributed by atoms with Gasteiger partial charge in [0, 0.05) is 0 Å². The van der Waals surface area contributed by atoms with Crippen LogP contribution in [0.25, 0.3) is 86.9 Å². The maximum atomic E-state index is 2.38. The molecule has 0 fully saturated rings. The number of hydrogen-bond donors (Lipinski definition) is 0. The van der Waals surface area contributed by atoms with Gasteiger partial charge in [-0.15, -0.1) is 0 Å². The molecule has 0 aliphatic carbocycles. The smallest absolute Gasteiger partial charge is 0.00201 e. The minimum atomic E-state index is 1.25. The third kappa shape index (κ3) is 3.42. The molecular formula is C42H26. The number of rotatable bonds is 2. The van der Waals surface area contributed by atoms with Gasteiger partial charge < -0.3 is 0 Å². The molecule has 0 saturated heterocycles. The lowest BCUT2D eigenvalue weighted by Gasteiger charge is -2.19. The van der Waals surface area contributed by atoms with Gasteiger partial charge in [-0.05, 0) is 105 Å². The number of fused-ring (bicyclic) bond motifs is 7. The molecule has 9 aromatic rings. The maximum Gasteiger partial charge on any atom is -0.00201 e. The lowest BCUT2D eigenvalue weighted by molar-refractivity contribution is 1.69. The highest BCUT2D eigenvalue weighted by atomic mass is 14.2. The van der Waals surface area contributed by atoms with Crippen molar-refractivity contribution in [1.82, 2.24) is 0 Å². The molecule has 0 radical (unpaired) electrons. The third-order valence-corrected chi connectivity index (χ3v) is 8.98. The molecule has 0 saturated carbocycles. The fraction of sp³-hybridized carbons (Fsp3) is 0. The van der Waals surface area contributed by atoms with Crippen molar-refractivity contribution in [2.45, 2.75) is 0 Å². The molecule has 0 bridgehead atoms. The van der Waals surface area contributed by atoms with Gasteiger partial charge in [0.05, 0.1) is 0 Å². The molecule has 0 aromatic heterocycles. The first-order valence-electron chi connectivity index (χ1n) is 14.6. The minimum absolute atomic E-state index is 1.25. The van der Waals surface area contributed by atoms with Gasteiger partial charge in [0.15, 0.2) is 0 Å². The van der Waals surface area contributed by atoms with Gasteiger partial charge in [0.1, 0.15) is 0 Å². The molecule has 0 spiro atoms. The Morgan fingerprint density at radius 1 is 0.238 bits per heavy atom. The Hall–Kier alpha value is -5.46. The predicted molar refractivity (Wildman–Crippen MR) is 182 cm³/mol. The summed E-state index contributed by atoms with van der Waals surface area (Å²) in [6.45, 7) is 0. The first-order chi connectivity index (χ1) is 20.8. The van der Waals surface area contributed by atoms with Gasteiger partial charge in [0.25, 0.3) is 0 Å². The third-order valence-electron chi connectivity index (χ3n) is 8.98. The lowest BCUT2D eigenvalue weighted by Crippen LogP contribution is -1.91. The van der Waals surface area contributed by atoms with Crippen LogP contribution >= 0.6 is 0 Å². The quantitative estimate of drug-likeness (QED) is 0.154. The van der Waals surface area contributed by atoms with Crippen molar-refractivity contribution in [3.63, 3.8) is 0 Å². The Labute approximate surface area is 244 Å². The first kappa shape index (κ1) is 23.3. The van der Waals surface area contributed by atoms with Gasteiger partial charge in [-0.1, -0.05) is 140 Å². The SMILES string of the molecule is c1ccc2c(-c3c4ccccc4c(-c4ccc5cc6c(ccc7ccccc76)cc5c4)c4ccccc34)cccc2c1. The van der Waals surface area contributed by atoms with E-state index in [0.29, 0.717) is 0 Å². The summed E-state index contributed by atoms with van der Waals surface area (Å²) in [4.78, 5) is 0. The largest absolute Gasteiger partial charge is 0.0616 e. The van der Waals surface area contributed by atoms with Crippen molar-refractivity contribution in [3.05, 3.63) is 158 Å². The van der Waals surface area contributed by atoms with Crippen molar-refractivity contribution in [1.29, 1.82) is 0 Å². The molecule has 0 atom stereocenters. The topological polar surface area (TPSA) is 0 Å². The molecule has 0 aliphatic heterocycles. The van der Waals surface area contributed by atoms with Crippen LogP contribution in [0.5, 0.6) is 0 Å². The van der Waals surface area contributed by atoms with Gasteiger partial charge in [0.2, 0.25) is 0 Å². The molecule has 42 heavy (non-hydrogen) atoms. The standard InChI is InChI=1S/C42H26/c1-3-13-33-27(10-1)12-9-19-35(33)42-38-17-7-5-15-36(38)41(37-16-6-8-18-39(37)42)31-23-21-29-26-40-30(24-32(29)25-31)22-20-28-11-2-4-14-34(28)40/h1-26H. The fourth-order valence-corrected chi connectivity index (χ4v) is 7.08. The van der Waals surface area contributed by atoms with Crippen LogP contribution in [-0.2, 0) is 0 Å². The second-order valence-electron chi connectivity index (χ2n) is 11.3. The molecule has 9 aromatic carbocycles. The summed E-state index contributed by atoms with van der Waals surface area (Å²) in [5.74, 6) is 0. The second-order valence-corrected chi connectivity index (χ2v) is 11.3. The predicted octanol–water partition coefficient (Wildman–Crippen LogP) is 11.9. The average molecular weight is 531 g/mol. The van der Waals surface area contributed by atoms with Crippen LogP contribution in [0.3, 0.4) is 0 Å². The van der Waals surface area contributed by atoms with E-state index in [9.17, 15) is 0 Å². The summed E-state index contributed by atoms with van der Waals surface area (Å²) >= 11 is 0. The second kappa shape index (κ2) is 9.03. The minimum Gasteiger partial charge on any atom is -0.0616 e. The highest BCUT2D eigenvalue weighted by Crippen LogP contribution is 2.45. The Kier molecular flexibility index (Phi) is 5.00. The van der Waals surface area contributed by atoms with Gasteiger partial charge in [-0.25, -0.2) is 0 Å². The van der Waals surface area contributed by atoms with Gasteiger partial charge in [-0.3, -0.25) is 0 Å². The molecule has 0 amide bonds. The summed E-state index contributed by atoms with van der Waals surface area (Å²) in [7, 11) is 0. The van der Waals surface area contributed by atoms with Crippen molar-refractivity contribution in [2.24, 2.45) is 0 Å². The van der Waals surface area contributed by atoms with Crippen molar-refractivity contribution in [3.8, 4) is 22.3 Å². The van der Waals surface area contributed by atoms with Crippen LogP contribution in [0.2, 0.25) is 0 Å². The molecular weight excluding hydrogens is 504 g/mol. The summed E-state index contributed by atoms with van der Waals surface area (Å²) in [6.07, 6.45) is 0. The zero-order chi connectivity index (χ0) is 27.6. The van der Waals surface area contributed by atoms with Crippen LogP contribution in [0, 0.1) is 0 Å².